The average molecular weight is 344 g/mol. The Bertz CT molecular complexity index is 473. The number of hydrogen-bond donors (Lipinski definition) is 6. The monoisotopic (exact) mass is 344 g/mol. The number of allylic oxidation sites excluding steroid dienone is 3. The first kappa shape index (κ1) is 21.5. The van der Waals surface area contributed by atoms with Gasteiger partial charge in [-0.2, -0.15) is 0 Å². The van der Waals surface area contributed by atoms with Gasteiger partial charge < -0.3 is 30.6 Å². The normalized spacial score (nSPS) is 13.1. The molecule has 24 heavy (non-hydrogen) atoms. The van der Waals surface area contributed by atoms with Crippen LogP contribution in [0.4, 0.5) is 0 Å². The highest BCUT2D eigenvalue weighted by molar-refractivity contribution is 5.82. The third-order valence-corrected chi connectivity index (χ3v) is 3.30. The Labute approximate surface area is 137 Å². The minimum absolute atomic E-state index is 0.333. The summed E-state index contributed by atoms with van der Waals surface area (Å²) in [5.74, 6) is -4.10. The van der Waals surface area contributed by atoms with Crippen LogP contribution < -0.4 is 0 Å². The Morgan fingerprint density at radius 2 is 0.958 bits per heavy atom. The highest BCUT2D eigenvalue weighted by Crippen LogP contribution is 2.38. The first-order chi connectivity index (χ1) is 11.1. The molecule has 0 heterocycles. The Morgan fingerprint density at radius 3 is 1.17 bits per heavy atom. The summed E-state index contributed by atoms with van der Waals surface area (Å²) in [5.41, 5.74) is -3.07. The molecule has 134 valence electrons. The summed E-state index contributed by atoms with van der Waals surface area (Å²) in [7, 11) is 0. The van der Waals surface area contributed by atoms with Crippen LogP contribution >= 0.6 is 0 Å². The molecule has 0 saturated heterocycles. The zero-order valence-electron chi connectivity index (χ0n) is 12.7. The van der Waals surface area contributed by atoms with E-state index in [2.05, 4.69) is 0 Å². The van der Waals surface area contributed by atoms with Crippen molar-refractivity contribution in [2.24, 2.45) is 10.8 Å². The molecule has 0 fully saturated rings. The summed E-state index contributed by atoms with van der Waals surface area (Å²) in [6, 6.07) is 0. The van der Waals surface area contributed by atoms with E-state index in [0.717, 1.165) is 18.2 Å². The number of aliphatic hydroxyl groups excluding tert-OH is 3. The van der Waals surface area contributed by atoms with Gasteiger partial charge in [-0.1, -0.05) is 18.2 Å². The summed E-state index contributed by atoms with van der Waals surface area (Å²) in [6.45, 7) is -2.07. The maximum absolute atomic E-state index is 10.8. The SMILES string of the molecule is O=C(O)/C=C/C(/C=C/C(=O)O)(/C=C/C(=O)O)CC(CO)(CO)CO. The molecule has 0 spiro atoms. The van der Waals surface area contributed by atoms with E-state index >= 15 is 0 Å². The van der Waals surface area contributed by atoms with Gasteiger partial charge in [-0.15, -0.1) is 0 Å². The standard InChI is InChI=1S/C15H20O9/c16-8-15(9-17,10-18)7-14(4-1-11(19)20,5-2-12(21)22)6-3-13(23)24/h1-6,16-18H,7-10H2,(H,19,20)(H,21,22)(H,23,24)/b4-1+,5-2+,6-3+. The maximum atomic E-state index is 10.8. The smallest absolute Gasteiger partial charge is 0.328 e. The summed E-state index contributed by atoms with van der Waals surface area (Å²) >= 11 is 0. The first-order valence-corrected chi connectivity index (χ1v) is 6.73. The molecule has 0 aromatic heterocycles. The fraction of sp³-hybridized carbons (Fsp3) is 0.400. The molecule has 6 N–H and O–H groups in total. The van der Waals surface area contributed by atoms with Gasteiger partial charge in [-0.05, 0) is 6.42 Å². The van der Waals surface area contributed by atoms with Gasteiger partial charge in [0, 0.05) is 29.1 Å². The molecule has 0 aromatic rings. The zero-order chi connectivity index (χ0) is 18.8. The largest absolute Gasteiger partial charge is 0.478 e. The lowest BCUT2D eigenvalue weighted by Crippen LogP contribution is -2.39. The first-order valence-electron chi connectivity index (χ1n) is 6.73. The Hall–Kier alpha value is -2.49. The van der Waals surface area contributed by atoms with Gasteiger partial charge in [0.25, 0.3) is 0 Å². The predicted octanol–water partition coefficient (Wildman–Crippen LogP) is -0.751. The van der Waals surface area contributed by atoms with Gasteiger partial charge in [-0.25, -0.2) is 14.4 Å². The predicted molar refractivity (Wildman–Crippen MR) is 81.1 cm³/mol. The molecule has 9 heteroatoms. The van der Waals surface area contributed by atoms with Crippen molar-refractivity contribution in [1.82, 2.24) is 0 Å². The number of carboxylic acid groups (broad SMARTS) is 3. The van der Waals surface area contributed by atoms with Gasteiger partial charge in [0.05, 0.1) is 19.8 Å². The van der Waals surface area contributed by atoms with Crippen molar-refractivity contribution in [1.29, 1.82) is 0 Å². The summed E-state index contributed by atoms with van der Waals surface area (Å²) < 4.78 is 0. The topological polar surface area (TPSA) is 173 Å². The van der Waals surface area contributed by atoms with Gasteiger partial charge in [0.2, 0.25) is 0 Å². The second kappa shape index (κ2) is 9.60. The van der Waals surface area contributed by atoms with Crippen LogP contribution in [0.2, 0.25) is 0 Å². The lowest BCUT2D eigenvalue weighted by molar-refractivity contribution is -0.132. The van der Waals surface area contributed by atoms with Crippen LogP contribution in [-0.2, 0) is 14.4 Å². The van der Waals surface area contributed by atoms with Crippen LogP contribution in [0.3, 0.4) is 0 Å². The van der Waals surface area contributed by atoms with Crippen LogP contribution in [0.15, 0.2) is 36.5 Å². The van der Waals surface area contributed by atoms with E-state index in [0.29, 0.717) is 18.2 Å². The number of rotatable bonds is 11. The molecule has 0 radical (unpaired) electrons. The van der Waals surface area contributed by atoms with Crippen molar-refractivity contribution in [2.75, 3.05) is 19.8 Å². The van der Waals surface area contributed by atoms with Crippen molar-refractivity contribution in [2.45, 2.75) is 6.42 Å². The molecular formula is C15H20O9. The lowest BCUT2D eigenvalue weighted by Gasteiger charge is -2.36. The van der Waals surface area contributed by atoms with Gasteiger partial charge >= 0.3 is 17.9 Å². The number of aliphatic carboxylic acids is 3. The molecule has 0 aliphatic heterocycles. The molecule has 0 aromatic carbocycles. The van der Waals surface area contributed by atoms with E-state index in [4.69, 9.17) is 15.3 Å². The number of carboxylic acids is 3. The van der Waals surface area contributed by atoms with Crippen LogP contribution in [0.5, 0.6) is 0 Å². The fourth-order valence-electron chi connectivity index (χ4n) is 1.99. The molecule has 0 bridgehead atoms. The van der Waals surface area contributed by atoms with E-state index in [9.17, 15) is 29.7 Å². The summed E-state index contributed by atoms with van der Waals surface area (Å²) in [6.07, 6.45) is 4.75. The Morgan fingerprint density at radius 1 is 0.667 bits per heavy atom. The molecule has 9 nitrogen and oxygen atoms in total. The van der Waals surface area contributed by atoms with Gasteiger partial charge in [0.1, 0.15) is 0 Å². The Balaban J connectivity index is 6.17. The van der Waals surface area contributed by atoms with Gasteiger partial charge in [-0.3, -0.25) is 0 Å². The van der Waals surface area contributed by atoms with Crippen LogP contribution in [0.25, 0.3) is 0 Å². The minimum Gasteiger partial charge on any atom is -0.478 e. The molecule has 0 saturated carbocycles. The van der Waals surface area contributed by atoms with E-state index in [1.54, 1.807) is 0 Å². The molecule has 0 unspecified atom stereocenters. The number of aliphatic hydroxyl groups is 3. The van der Waals surface area contributed by atoms with Crippen molar-refractivity contribution < 1.29 is 45.0 Å². The summed E-state index contributed by atoms with van der Waals surface area (Å²) in [4.78, 5) is 32.3. The van der Waals surface area contributed by atoms with E-state index in [1.807, 2.05) is 0 Å². The van der Waals surface area contributed by atoms with E-state index in [-0.39, 0.29) is 6.42 Å². The average Bonchev–Trinajstić information content (AvgIpc) is 2.53. The highest BCUT2D eigenvalue weighted by Gasteiger charge is 2.37. The zero-order valence-corrected chi connectivity index (χ0v) is 12.7. The molecule has 0 aliphatic carbocycles. The molecular weight excluding hydrogens is 324 g/mol. The van der Waals surface area contributed by atoms with E-state index < -0.39 is 48.6 Å². The second-order valence-electron chi connectivity index (χ2n) is 5.28. The van der Waals surface area contributed by atoms with Crippen molar-refractivity contribution in [3.8, 4) is 0 Å². The third kappa shape index (κ3) is 7.18. The second-order valence-corrected chi connectivity index (χ2v) is 5.28. The van der Waals surface area contributed by atoms with Crippen molar-refractivity contribution in [3.05, 3.63) is 36.5 Å². The van der Waals surface area contributed by atoms with Crippen LogP contribution in [-0.4, -0.2) is 68.4 Å². The lowest BCUT2D eigenvalue weighted by atomic mass is 9.71. The molecule has 0 rings (SSSR count). The van der Waals surface area contributed by atoms with Crippen LogP contribution in [0, 0.1) is 10.8 Å². The van der Waals surface area contributed by atoms with Crippen molar-refractivity contribution in [3.63, 3.8) is 0 Å². The maximum Gasteiger partial charge on any atom is 0.328 e. The molecule has 0 amide bonds. The van der Waals surface area contributed by atoms with Gasteiger partial charge in [0.15, 0.2) is 0 Å². The summed E-state index contributed by atoms with van der Waals surface area (Å²) in [5, 5.41) is 54.6. The third-order valence-electron chi connectivity index (χ3n) is 3.30. The number of carbonyl (C=O) groups is 3. The van der Waals surface area contributed by atoms with E-state index in [1.165, 1.54) is 0 Å². The Kier molecular flexibility index (Phi) is 8.61. The van der Waals surface area contributed by atoms with Crippen molar-refractivity contribution >= 4 is 17.9 Å². The minimum atomic E-state index is -1.58. The van der Waals surface area contributed by atoms with Crippen LogP contribution in [0.1, 0.15) is 6.42 Å². The quantitative estimate of drug-likeness (QED) is 0.264. The number of hydrogen-bond acceptors (Lipinski definition) is 6. The molecule has 0 aliphatic rings. The molecule has 0 atom stereocenters. The highest BCUT2D eigenvalue weighted by atomic mass is 16.4. The fourth-order valence-corrected chi connectivity index (χ4v) is 1.99.